The first kappa shape index (κ1) is 37.4. The predicted molar refractivity (Wildman–Crippen MR) is 276 cm³/mol. The lowest BCUT2D eigenvalue weighted by atomic mass is 9.82. The number of anilines is 3. The van der Waals surface area contributed by atoms with E-state index in [0.717, 1.165) is 28.3 Å². The molecule has 2 nitrogen and oxygen atoms in total. The van der Waals surface area contributed by atoms with Gasteiger partial charge in [0, 0.05) is 38.8 Å². The third kappa shape index (κ3) is 5.74. The van der Waals surface area contributed by atoms with Gasteiger partial charge in [-0.2, -0.15) is 0 Å². The summed E-state index contributed by atoms with van der Waals surface area (Å²) < 4.78 is 2.43. The van der Waals surface area contributed by atoms with Gasteiger partial charge >= 0.3 is 0 Å². The highest BCUT2D eigenvalue weighted by molar-refractivity contribution is 6.16. The maximum Gasteiger partial charge on any atom is 0.0561 e. The van der Waals surface area contributed by atoms with E-state index in [2.05, 4.69) is 254 Å². The molecule has 1 aromatic heterocycles. The maximum absolute atomic E-state index is 2.53. The molecule has 306 valence electrons. The molecule has 1 heterocycles. The topological polar surface area (TPSA) is 8.17 Å². The molecule has 0 aliphatic heterocycles. The number of hydrogen-bond acceptors (Lipinski definition) is 1. The zero-order valence-corrected chi connectivity index (χ0v) is 36.3. The molecule has 65 heavy (non-hydrogen) atoms. The van der Waals surface area contributed by atoms with Crippen molar-refractivity contribution in [2.45, 2.75) is 19.3 Å². The van der Waals surface area contributed by atoms with E-state index in [-0.39, 0.29) is 5.41 Å². The third-order valence-corrected chi connectivity index (χ3v) is 14.1. The summed E-state index contributed by atoms with van der Waals surface area (Å²) in [5, 5.41) is 9.89. The van der Waals surface area contributed by atoms with Crippen molar-refractivity contribution in [3.63, 3.8) is 0 Å². The van der Waals surface area contributed by atoms with Crippen LogP contribution in [-0.2, 0) is 5.41 Å². The van der Waals surface area contributed by atoms with Crippen LogP contribution in [0.3, 0.4) is 0 Å². The van der Waals surface area contributed by atoms with Crippen LogP contribution in [0.5, 0.6) is 0 Å². The maximum atomic E-state index is 2.53. The first-order valence-electron chi connectivity index (χ1n) is 22.7. The molecule has 0 saturated carbocycles. The molecule has 0 radical (unpaired) electrons. The Labute approximate surface area is 378 Å². The van der Waals surface area contributed by atoms with E-state index in [1.54, 1.807) is 0 Å². The molecule has 11 aromatic carbocycles. The fraction of sp³-hybridized carbons (Fsp3) is 0.0476. The summed E-state index contributed by atoms with van der Waals surface area (Å²) in [5.41, 5.74) is 16.7. The Bertz CT molecular complexity index is 3870. The SMILES string of the molecule is CC1(C)c2ccccc2-c2ccc(N(c3ccc4c5ccccc5n(-c5ccccc5)c4c3)c3cccc(-c4cc5ccccc5c5ccccc45)c3-c3ccc4ccccc4c3)cc21. The summed E-state index contributed by atoms with van der Waals surface area (Å²) in [6, 6.07) is 85.6. The van der Waals surface area contributed by atoms with Gasteiger partial charge < -0.3 is 9.47 Å². The van der Waals surface area contributed by atoms with Crippen molar-refractivity contribution in [2.75, 3.05) is 4.90 Å². The summed E-state index contributed by atoms with van der Waals surface area (Å²) >= 11 is 0. The molecular formula is C63H44N2. The lowest BCUT2D eigenvalue weighted by molar-refractivity contribution is 0.660. The molecule has 0 bridgehead atoms. The minimum atomic E-state index is -0.176. The number of benzene rings is 11. The van der Waals surface area contributed by atoms with E-state index in [9.17, 15) is 0 Å². The number of hydrogen-bond donors (Lipinski definition) is 0. The summed E-state index contributed by atoms with van der Waals surface area (Å²) in [4.78, 5) is 2.53. The fourth-order valence-electron chi connectivity index (χ4n) is 11.1. The second kappa shape index (κ2) is 14.4. The molecule has 0 N–H and O–H groups in total. The molecule has 12 aromatic rings. The Morgan fingerprint density at radius 1 is 0.354 bits per heavy atom. The molecule has 0 fully saturated rings. The number of nitrogens with zero attached hydrogens (tertiary/aromatic N) is 2. The number of aromatic nitrogens is 1. The standard InChI is InChI=1S/C63H44N2/c1-63(2)57-28-14-12-25-51(57)52-35-33-46(39-58(52)63)64(47-34-36-54-53-26-13-15-29-59(53)65(61(54)40-47)45-20-4-3-5-21-45)60-30-16-27-55(62(60)44-32-31-41-17-6-7-18-42(41)37-44)56-38-43-19-8-9-22-48(43)49-23-10-11-24-50(49)56/h3-40H,1-2H3. The van der Waals surface area contributed by atoms with Gasteiger partial charge in [-0.1, -0.05) is 184 Å². The Hall–Kier alpha value is -8.20. The Morgan fingerprint density at radius 3 is 1.85 bits per heavy atom. The summed E-state index contributed by atoms with van der Waals surface area (Å²) in [5.74, 6) is 0. The van der Waals surface area contributed by atoms with Crippen molar-refractivity contribution in [3.05, 3.63) is 242 Å². The fourth-order valence-corrected chi connectivity index (χ4v) is 11.1. The van der Waals surface area contributed by atoms with E-state index < -0.39 is 0 Å². The highest BCUT2D eigenvalue weighted by Crippen LogP contribution is 2.53. The first-order chi connectivity index (χ1) is 32.0. The smallest absolute Gasteiger partial charge is 0.0561 e. The molecule has 13 rings (SSSR count). The van der Waals surface area contributed by atoms with Crippen molar-refractivity contribution in [1.29, 1.82) is 0 Å². The second-order valence-electron chi connectivity index (χ2n) is 18.1. The van der Waals surface area contributed by atoms with Crippen molar-refractivity contribution in [2.24, 2.45) is 0 Å². The van der Waals surface area contributed by atoms with Gasteiger partial charge in [0.1, 0.15) is 0 Å². The zero-order chi connectivity index (χ0) is 43.2. The molecule has 0 atom stereocenters. The van der Waals surface area contributed by atoms with E-state index in [4.69, 9.17) is 0 Å². The molecule has 1 aliphatic carbocycles. The van der Waals surface area contributed by atoms with Crippen LogP contribution >= 0.6 is 0 Å². The Kier molecular flexibility index (Phi) is 8.29. The summed E-state index contributed by atoms with van der Waals surface area (Å²) in [6.07, 6.45) is 0. The monoisotopic (exact) mass is 828 g/mol. The minimum absolute atomic E-state index is 0.176. The molecule has 0 unspecified atom stereocenters. The average Bonchev–Trinajstić information content (AvgIpc) is 3.81. The van der Waals surface area contributed by atoms with Gasteiger partial charge in [0.2, 0.25) is 0 Å². The largest absolute Gasteiger partial charge is 0.310 e. The van der Waals surface area contributed by atoms with Gasteiger partial charge in [-0.3, -0.25) is 0 Å². The lowest BCUT2D eigenvalue weighted by Crippen LogP contribution is -2.17. The molecular weight excluding hydrogens is 785 g/mol. The highest BCUT2D eigenvalue weighted by Gasteiger charge is 2.36. The summed E-state index contributed by atoms with van der Waals surface area (Å²) in [6.45, 7) is 4.75. The van der Waals surface area contributed by atoms with Gasteiger partial charge in [-0.15, -0.1) is 0 Å². The molecule has 0 spiro atoms. The quantitative estimate of drug-likeness (QED) is 0.152. The molecule has 0 saturated heterocycles. The summed E-state index contributed by atoms with van der Waals surface area (Å²) in [7, 11) is 0. The van der Waals surface area contributed by atoms with Gasteiger partial charge in [0.15, 0.2) is 0 Å². The van der Waals surface area contributed by atoms with Crippen LogP contribution in [0.4, 0.5) is 17.1 Å². The predicted octanol–water partition coefficient (Wildman–Crippen LogP) is 17.4. The van der Waals surface area contributed by atoms with E-state index in [1.807, 2.05) is 0 Å². The van der Waals surface area contributed by atoms with E-state index in [1.165, 1.54) is 93.1 Å². The van der Waals surface area contributed by atoms with Gasteiger partial charge in [0.05, 0.1) is 16.7 Å². The van der Waals surface area contributed by atoms with Gasteiger partial charge in [0.25, 0.3) is 0 Å². The van der Waals surface area contributed by atoms with Crippen molar-refractivity contribution in [1.82, 2.24) is 4.57 Å². The third-order valence-electron chi connectivity index (χ3n) is 14.1. The zero-order valence-electron chi connectivity index (χ0n) is 36.3. The van der Waals surface area contributed by atoms with E-state index >= 15 is 0 Å². The van der Waals surface area contributed by atoms with Crippen LogP contribution < -0.4 is 4.90 Å². The van der Waals surface area contributed by atoms with Crippen LogP contribution in [0.25, 0.3) is 93.2 Å². The van der Waals surface area contributed by atoms with Crippen LogP contribution in [0, 0.1) is 0 Å². The normalized spacial score (nSPS) is 12.9. The second-order valence-corrected chi connectivity index (χ2v) is 18.1. The van der Waals surface area contributed by atoms with Crippen LogP contribution in [0.1, 0.15) is 25.0 Å². The van der Waals surface area contributed by atoms with Crippen LogP contribution in [0.15, 0.2) is 231 Å². The average molecular weight is 829 g/mol. The van der Waals surface area contributed by atoms with Crippen molar-refractivity contribution < 1.29 is 0 Å². The Balaban J connectivity index is 1.14. The lowest BCUT2D eigenvalue weighted by Gasteiger charge is -2.31. The van der Waals surface area contributed by atoms with Crippen LogP contribution in [-0.4, -0.2) is 4.57 Å². The van der Waals surface area contributed by atoms with Gasteiger partial charge in [-0.25, -0.2) is 0 Å². The Morgan fingerprint density at radius 2 is 0.985 bits per heavy atom. The number of fused-ring (bicyclic) bond motifs is 10. The number of para-hydroxylation sites is 2. The number of rotatable bonds is 6. The highest BCUT2D eigenvalue weighted by atomic mass is 15.1. The van der Waals surface area contributed by atoms with E-state index in [0.29, 0.717) is 0 Å². The minimum Gasteiger partial charge on any atom is -0.310 e. The molecule has 2 heteroatoms. The van der Waals surface area contributed by atoms with Crippen molar-refractivity contribution >= 4 is 71.2 Å². The molecule has 1 aliphatic rings. The van der Waals surface area contributed by atoms with Gasteiger partial charge in [-0.05, 0) is 132 Å². The van der Waals surface area contributed by atoms with Crippen LogP contribution in [0.2, 0.25) is 0 Å². The van der Waals surface area contributed by atoms with Crippen molar-refractivity contribution in [3.8, 4) is 39.1 Å². The first-order valence-corrected chi connectivity index (χ1v) is 22.7. The molecule has 0 amide bonds.